The van der Waals surface area contributed by atoms with Gasteiger partial charge < -0.3 is 0 Å². The molecule has 0 nitrogen and oxygen atoms in total. The fraction of sp³-hybridized carbons (Fsp3) is 1.00. The molecule has 0 heterocycles. The molecule has 2 aliphatic rings. The van der Waals surface area contributed by atoms with Crippen LogP contribution >= 0.6 is 92.8 Å². The van der Waals surface area contributed by atoms with Gasteiger partial charge in [0.2, 0.25) is 0 Å². The van der Waals surface area contributed by atoms with Crippen molar-refractivity contribution >= 4 is 92.8 Å². The van der Waals surface area contributed by atoms with Crippen LogP contribution in [-0.2, 0) is 0 Å². The molecule has 0 aromatic carbocycles. The van der Waals surface area contributed by atoms with Crippen LogP contribution in [0.4, 0.5) is 0 Å². The predicted octanol–water partition coefficient (Wildman–Crippen LogP) is 5.31. The van der Waals surface area contributed by atoms with Crippen LogP contribution in [0, 0.1) is 16.7 Å². The van der Waals surface area contributed by atoms with E-state index in [1.807, 2.05) is 0 Å². The molecule has 2 fully saturated rings. The first-order valence-corrected chi connectivity index (χ1v) is 8.98. The summed E-state index contributed by atoms with van der Waals surface area (Å²) in [5.41, 5.74) is -1.53. The number of hydrogen-bond donors (Lipinski definition) is 0. The van der Waals surface area contributed by atoms with Crippen molar-refractivity contribution < 1.29 is 0 Å². The number of hydrogen-bond acceptors (Lipinski definition) is 0. The monoisotopic (exact) mass is 410 g/mol. The van der Waals surface area contributed by atoms with E-state index >= 15 is 0 Å². The lowest BCUT2D eigenvalue weighted by Gasteiger charge is -2.45. The van der Waals surface area contributed by atoms with Gasteiger partial charge in [0.15, 0.2) is 0 Å². The van der Waals surface area contributed by atoms with Gasteiger partial charge in [0.25, 0.3) is 0 Å². The van der Waals surface area contributed by atoms with Crippen molar-refractivity contribution in [2.75, 3.05) is 11.8 Å². The summed E-state index contributed by atoms with van der Waals surface area (Å²) >= 11 is 50.4. The van der Waals surface area contributed by atoms with Crippen molar-refractivity contribution in [3.8, 4) is 0 Å². The van der Waals surface area contributed by atoms with Crippen molar-refractivity contribution in [1.82, 2.24) is 0 Å². The highest BCUT2D eigenvalue weighted by molar-refractivity contribution is 6.46. The van der Waals surface area contributed by atoms with E-state index in [0.717, 1.165) is 0 Å². The van der Waals surface area contributed by atoms with Gasteiger partial charge in [-0.1, -0.05) is 0 Å². The largest absolute Gasteiger partial charge is 0.126 e. The Morgan fingerprint density at radius 1 is 0.833 bits per heavy atom. The quantitative estimate of drug-likeness (QED) is 0.550. The number of fused-ring (bicyclic) bond motifs is 2. The molecule has 0 spiro atoms. The van der Waals surface area contributed by atoms with Crippen LogP contribution in [0.1, 0.15) is 0 Å². The molecule has 0 aliphatic heterocycles. The van der Waals surface area contributed by atoms with E-state index in [4.69, 9.17) is 92.8 Å². The van der Waals surface area contributed by atoms with E-state index in [1.54, 1.807) is 0 Å². The average molecular weight is 414 g/mol. The molecule has 0 aromatic heterocycles. The minimum atomic E-state index is -0.784. The predicted molar refractivity (Wildman–Crippen MR) is 83.9 cm³/mol. The summed E-state index contributed by atoms with van der Waals surface area (Å²) in [6, 6.07) is 0. The maximum atomic E-state index is 6.45. The van der Waals surface area contributed by atoms with E-state index in [2.05, 4.69) is 0 Å². The molecule has 8 heteroatoms. The fourth-order valence-corrected chi connectivity index (χ4v) is 8.37. The topological polar surface area (TPSA) is 0 Å². The summed E-state index contributed by atoms with van der Waals surface area (Å²) in [5, 5.41) is -1.72. The van der Waals surface area contributed by atoms with E-state index in [1.165, 1.54) is 0 Å². The number of alkyl halides is 8. The van der Waals surface area contributed by atoms with Gasteiger partial charge in [0, 0.05) is 28.5 Å². The van der Waals surface area contributed by atoms with Gasteiger partial charge in [-0.2, -0.15) is 0 Å². The molecule has 5 atom stereocenters. The van der Waals surface area contributed by atoms with E-state index < -0.39 is 37.2 Å². The third kappa shape index (κ3) is 1.67. The molecule has 0 amide bonds. The molecule has 106 valence electrons. The summed E-state index contributed by atoms with van der Waals surface area (Å²) in [6.07, 6.45) is 0. The molecule has 2 bridgehead atoms. The third-order valence-electron chi connectivity index (χ3n) is 4.52. The smallest absolute Gasteiger partial charge is 0.115 e. The van der Waals surface area contributed by atoms with Crippen LogP contribution < -0.4 is 0 Å². The molecule has 0 unspecified atom stereocenters. The SMILES string of the molecule is ClCC12[C@@H](Cl)[C@H](Cl)C([C@@H](Cl)[C@@H]1Cl)[C@]2(CCl)C(Cl)Cl. The Hall–Kier alpha value is 2.32. The standard InChI is InChI=1S/C10H10Cl8/c11-1-9(8(17)18)3-4(13)6(15)10(9,2-12)7(16)5(3)14/h3-8H,1-2H2/t3?,4-,5-,6+,7+,9-,10?/m1/s1. The molecular weight excluding hydrogens is 404 g/mol. The van der Waals surface area contributed by atoms with Gasteiger partial charge in [-0.25, -0.2) is 0 Å². The fourth-order valence-electron chi connectivity index (χ4n) is 3.54. The minimum absolute atomic E-state index is 0.168. The Kier molecular flexibility index (Phi) is 5.10. The van der Waals surface area contributed by atoms with Crippen LogP contribution in [0.2, 0.25) is 0 Å². The minimum Gasteiger partial charge on any atom is -0.126 e. The molecule has 0 aromatic rings. The second-order valence-corrected chi connectivity index (χ2v) is 8.45. The van der Waals surface area contributed by atoms with Gasteiger partial charge in [-0.3, -0.25) is 0 Å². The second-order valence-electron chi connectivity index (χ2n) is 4.87. The Labute approximate surface area is 146 Å². The lowest BCUT2D eigenvalue weighted by molar-refractivity contribution is 0.158. The normalized spacial score (nSPS) is 55.5. The summed E-state index contributed by atoms with van der Waals surface area (Å²) in [4.78, 5) is -0.784. The molecule has 2 rings (SSSR count). The second kappa shape index (κ2) is 5.51. The lowest BCUT2D eigenvalue weighted by atomic mass is 9.70. The molecular formula is C10H10Cl8. The maximum Gasteiger partial charge on any atom is 0.115 e. The van der Waals surface area contributed by atoms with Crippen molar-refractivity contribution in [2.45, 2.75) is 26.3 Å². The van der Waals surface area contributed by atoms with E-state index in [-0.39, 0.29) is 17.7 Å². The van der Waals surface area contributed by atoms with Crippen LogP contribution in [-0.4, -0.2) is 38.1 Å². The first-order chi connectivity index (χ1) is 8.32. The first-order valence-electron chi connectivity index (χ1n) is 5.29. The van der Waals surface area contributed by atoms with E-state index in [0.29, 0.717) is 0 Å². The van der Waals surface area contributed by atoms with Crippen LogP contribution in [0.25, 0.3) is 0 Å². The summed E-state index contributed by atoms with van der Waals surface area (Å²) < 4.78 is 0. The molecule has 18 heavy (non-hydrogen) atoms. The Balaban J connectivity index is 2.66. The zero-order chi connectivity index (χ0) is 13.9. The van der Waals surface area contributed by atoms with Crippen molar-refractivity contribution in [2.24, 2.45) is 16.7 Å². The van der Waals surface area contributed by atoms with Crippen molar-refractivity contribution in [1.29, 1.82) is 0 Å². The summed E-state index contributed by atoms with van der Waals surface area (Å²) in [7, 11) is 0. The summed E-state index contributed by atoms with van der Waals surface area (Å²) in [5.74, 6) is 0.0732. The van der Waals surface area contributed by atoms with Gasteiger partial charge in [-0.15, -0.1) is 92.8 Å². The van der Waals surface area contributed by atoms with Crippen LogP contribution in [0.15, 0.2) is 0 Å². The highest BCUT2D eigenvalue weighted by Crippen LogP contribution is 2.74. The van der Waals surface area contributed by atoms with Crippen molar-refractivity contribution in [3.63, 3.8) is 0 Å². The molecule has 0 radical (unpaired) electrons. The third-order valence-corrected chi connectivity index (χ3v) is 8.81. The maximum absolute atomic E-state index is 6.45. The Morgan fingerprint density at radius 3 is 1.50 bits per heavy atom. The lowest BCUT2D eigenvalue weighted by Crippen LogP contribution is -2.52. The average Bonchev–Trinajstić information content (AvgIpc) is 2.66. The van der Waals surface area contributed by atoms with E-state index in [9.17, 15) is 0 Å². The molecule has 0 saturated heterocycles. The van der Waals surface area contributed by atoms with Gasteiger partial charge >= 0.3 is 0 Å². The first kappa shape index (κ1) is 16.7. The highest BCUT2D eigenvalue weighted by Gasteiger charge is 2.79. The van der Waals surface area contributed by atoms with Crippen LogP contribution in [0.5, 0.6) is 0 Å². The van der Waals surface area contributed by atoms with Gasteiger partial charge in [-0.05, 0) is 0 Å². The zero-order valence-corrected chi connectivity index (χ0v) is 14.9. The van der Waals surface area contributed by atoms with Crippen molar-refractivity contribution in [3.05, 3.63) is 0 Å². The Bertz CT molecular complexity index is 314. The van der Waals surface area contributed by atoms with Crippen LogP contribution in [0.3, 0.4) is 0 Å². The van der Waals surface area contributed by atoms with Gasteiger partial charge in [0.05, 0.1) is 21.5 Å². The summed E-state index contributed by atoms with van der Waals surface area (Å²) in [6.45, 7) is 0. The highest BCUT2D eigenvalue weighted by atomic mass is 35.5. The molecule has 0 N–H and O–H groups in total. The molecule has 2 aliphatic carbocycles. The zero-order valence-electron chi connectivity index (χ0n) is 8.90. The number of rotatable bonds is 3. The van der Waals surface area contributed by atoms with Gasteiger partial charge in [0.1, 0.15) is 4.84 Å². The molecule has 2 saturated carbocycles. The Morgan fingerprint density at radius 2 is 1.28 bits per heavy atom. The number of halogens is 8.